The number of guanidine groups is 1. The highest BCUT2D eigenvalue weighted by Crippen LogP contribution is 2.22. The molecule has 0 aromatic carbocycles. The molecule has 30 heavy (non-hydrogen) atoms. The van der Waals surface area contributed by atoms with Crippen molar-refractivity contribution in [3.8, 4) is 5.88 Å². The Balaban J connectivity index is 0.00000320. The van der Waals surface area contributed by atoms with E-state index in [0.29, 0.717) is 12.6 Å². The van der Waals surface area contributed by atoms with E-state index in [-0.39, 0.29) is 30.1 Å². The average Bonchev–Trinajstić information content (AvgIpc) is 3.27. The molecule has 8 heteroatoms. The zero-order valence-corrected chi connectivity index (χ0v) is 20.4. The van der Waals surface area contributed by atoms with E-state index in [1.54, 1.807) is 0 Å². The van der Waals surface area contributed by atoms with Crippen LogP contribution >= 0.6 is 24.0 Å². The molecule has 1 aromatic rings. The predicted octanol–water partition coefficient (Wildman–Crippen LogP) is 3.66. The number of halogens is 1. The first-order chi connectivity index (χ1) is 14.3. The van der Waals surface area contributed by atoms with Crippen LogP contribution in [0.5, 0.6) is 5.88 Å². The third-order valence-electron chi connectivity index (χ3n) is 5.26. The Bertz CT molecular complexity index is 603. The van der Waals surface area contributed by atoms with E-state index >= 15 is 0 Å². The Morgan fingerprint density at radius 1 is 1.17 bits per heavy atom. The number of hydrogen-bond donors (Lipinski definition) is 2. The van der Waals surface area contributed by atoms with Gasteiger partial charge in [-0.15, -0.1) is 24.0 Å². The molecule has 0 radical (unpaired) electrons. The van der Waals surface area contributed by atoms with Crippen LogP contribution in [0.1, 0.15) is 57.4 Å². The average molecular weight is 532 g/mol. The normalized spacial score (nSPS) is 19.9. The van der Waals surface area contributed by atoms with E-state index < -0.39 is 0 Å². The Morgan fingerprint density at radius 2 is 2.03 bits per heavy atom. The summed E-state index contributed by atoms with van der Waals surface area (Å²) in [6.07, 6.45) is 10.6. The maximum Gasteiger partial charge on any atom is 0.213 e. The lowest BCUT2D eigenvalue weighted by molar-refractivity contribution is 0.0420. The summed E-state index contributed by atoms with van der Waals surface area (Å²) >= 11 is 0. The highest BCUT2D eigenvalue weighted by molar-refractivity contribution is 14.0. The van der Waals surface area contributed by atoms with Crippen molar-refractivity contribution in [1.82, 2.24) is 15.6 Å². The fourth-order valence-electron chi connectivity index (χ4n) is 3.61. The van der Waals surface area contributed by atoms with E-state index in [0.717, 1.165) is 76.0 Å². The van der Waals surface area contributed by atoms with Gasteiger partial charge in [0.25, 0.3) is 0 Å². The third kappa shape index (κ3) is 9.34. The van der Waals surface area contributed by atoms with Crippen molar-refractivity contribution in [3.63, 3.8) is 0 Å². The topological polar surface area (TPSA) is 77.0 Å². The van der Waals surface area contributed by atoms with Gasteiger partial charge in [0.05, 0.1) is 19.3 Å². The van der Waals surface area contributed by atoms with Crippen LogP contribution in [-0.4, -0.2) is 56.1 Å². The van der Waals surface area contributed by atoms with Crippen molar-refractivity contribution in [2.24, 2.45) is 4.99 Å². The Labute approximate surface area is 197 Å². The van der Waals surface area contributed by atoms with Gasteiger partial charge in [-0.25, -0.2) is 9.98 Å². The second kappa shape index (κ2) is 14.8. The fourth-order valence-corrected chi connectivity index (χ4v) is 3.61. The molecule has 2 aliphatic rings. The number of hydrogen-bond acceptors (Lipinski definition) is 5. The molecule has 1 atom stereocenters. The van der Waals surface area contributed by atoms with Crippen LogP contribution in [0.25, 0.3) is 0 Å². The van der Waals surface area contributed by atoms with Gasteiger partial charge in [0.2, 0.25) is 5.88 Å². The largest absolute Gasteiger partial charge is 0.474 e. The Hall–Kier alpha value is -1.13. The molecule has 1 aromatic heterocycles. The minimum absolute atomic E-state index is 0. The first-order valence-electron chi connectivity index (χ1n) is 11.2. The zero-order valence-electron chi connectivity index (χ0n) is 18.1. The Morgan fingerprint density at radius 3 is 2.73 bits per heavy atom. The van der Waals surface area contributed by atoms with Crippen LogP contribution in [0.3, 0.4) is 0 Å². The number of aliphatic imine (C=N–C) groups is 1. The number of pyridine rings is 1. The molecule has 1 unspecified atom stereocenters. The van der Waals surface area contributed by atoms with E-state index in [9.17, 15) is 0 Å². The van der Waals surface area contributed by atoms with Gasteiger partial charge >= 0.3 is 0 Å². The van der Waals surface area contributed by atoms with Gasteiger partial charge in [0.15, 0.2) is 5.96 Å². The first-order valence-corrected chi connectivity index (χ1v) is 11.2. The molecule has 2 fully saturated rings. The van der Waals surface area contributed by atoms with Gasteiger partial charge < -0.3 is 24.8 Å². The molecular weight excluding hydrogens is 495 g/mol. The second-order valence-corrected chi connectivity index (χ2v) is 7.71. The molecule has 2 heterocycles. The Kier molecular flexibility index (Phi) is 12.4. The zero-order chi connectivity index (χ0) is 20.2. The molecule has 0 bridgehead atoms. The first kappa shape index (κ1) is 25.1. The molecule has 3 rings (SSSR count). The maximum atomic E-state index is 6.00. The molecule has 1 saturated heterocycles. The number of ether oxygens (including phenoxy) is 3. The van der Waals surface area contributed by atoms with Crippen LogP contribution in [-0.2, 0) is 16.0 Å². The fraction of sp³-hybridized carbons (Fsp3) is 0.727. The minimum Gasteiger partial charge on any atom is -0.474 e. The van der Waals surface area contributed by atoms with Crippen LogP contribution in [0.4, 0.5) is 0 Å². The third-order valence-corrected chi connectivity index (χ3v) is 5.26. The van der Waals surface area contributed by atoms with E-state index in [1.165, 1.54) is 19.3 Å². The lowest BCUT2D eigenvalue weighted by atomic mass is 9.98. The van der Waals surface area contributed by atoms with Gasteiger partial charge in [-0.1, -0.05) is 12.5 Å². The highest BCUT2D eigenvalue weighted by Gasteiger charge is 2.16. The lowest BCUT2D eigenvalue weighted by Crippen LogP contribution is -2.38. The monoisotopic (exact) mass is 532 g/mol. The van der Waals surface area contributed by atoms with Crippen molar-refractivity contribution in [2.75, 3.05) is 32.9 Å². The number of rotatable bonds is 10. The van der Waals surface area contributed by atoms with Crippen molar-refractivity contribution in [1.29, 1.82) is 0 Å². The SMILES string of the molecule is CCNC(=NCc1ccc(OC2CCCCC2)nc1)NCCCOC1CCOC1.I. The quantitative estimate of drug-likeness (QED) is 0.207. The summed E-state index contributed by atoms with van der Waals surface area (Å²) in [5.74, 6) is 1.54. The van der Waals surface area contributed by atoms with Crippen molar-refractivity contribution in [3.05, 3.63) is 23.9 Å². The number of nitrogens with zero attached hydrogens (tertiary/aromatic N) is 2. The van der Waals surface area contributed by atoms with Crippen LogP contribution in [0, 0.1) is 0 Å². The molecule has 170 valence electrons. The molecule has 0 spiro atoms. The molecule has 0 amide bonds. The second-order valence-electron chi connectivity index (χ2n) is 7.71. The van der Waals surface area contributed by atoms with E-state index in [1.807, 2.05) is 12.3 Å². The standard InChI is InChI=1S/C22H36N4O3.HI/c1-2-23-22(24-12-6-13-28-20-11-14-27-17-20)26-16-18-9-10-21(25-15-18)29-19-7-4-3-5-8-19;/h9-10,15,19-20H,2-8,11-14,16-17H2,1H3,(H2,23,24,26);1H. The molecule has 2 N–H and O–H groups in total. The molecule has 1 aliphatic heterocycles. The molecule has 1 saturated carbocycles. The minimum atomic E-state index is 0. The highest BCUT2D eigenvalue weighted by atomic mass is 127. The summed E-state index contributed by atoms with van der Waals surface area (Å²) in [5.41, 5.74) is 1.07. The van der Waals surface area contributed by atoms with Gasteiger partial charge in [-0.05, 0) is 51.0 Å². The van der Waals surface area contributed by atoms with Gasteiger partial charge in [0, 0.05) is 38.6 Å². The van der Waals surface area contributed by atoms with E-state index in [4.69, 9.17) is 14.2 Å². The van der Waals surface area contributed by atoms with Crippen molar-refractivity contribution in [2.45, 2.75) is 70.6 Å². The van der Waals surface area contributed by atoms with Crippen LogP contribution in [0.2, 0.25) is 0 Å². The number of nitrogens with one attached hydrogen (secondary N) is 2. The van der Waals surface area contributed by atoms with Crippen LogP contribution < -0.4 is 15.4 Å². The van der Waals surface area contributed by atoms with Gasteiger partial charge in [0.1, 0.15) is 6.10 Å². The number of aromatic nitrogens is 1. The smallest absolute Gasteiger partial charge is 0.213 e. The summed E-state index contributed by atoms with van der Waals surface area (Å²) in [7, 11) is 0. The summed E-state index contributed by atoms with van der Waals surface area (Å²) in [5, 5.41) is 6.65. The van der Waals surface area contributed by atoms with Crippen LogP contribution in [0.15, 0.2) is 23.3 Å². The molecular formula is C22H37IN4O3. The molecule has 7 nitrogen and oxygen atoms in total. The summed E-state index contributed by atoms with van der Waals surface area (Å²) in [4.78, 5) is 9.12. The van der Waals surface area contributed by atoms with Gasteiger partial charge in [-0.3, -0.25) is 0 Å². The summed E-state index contributed by atoms with van der Waals surface area (Å²) in [6, 6.07) is 4.01. The van der Waals surface area contributed by atoms with Crippen molar-refractivity contribution < 1.29 is 14.2 Å². The van der Waals surface area contributed by atoms with Gasteiger partial charge in [-0.2, -0.15) is 0 Å². The van der Waals surface area contributed by atoms with E-state index in [2.05, 4.69) is 33.6 Å². The maximum absolute atomic E-state index is 6.00. The summed E-state index contributed by atoms with van der Waals surface area (Å²) in [6.45, 7) is 6.60. The predicted molar refractivity (Wildman–Crippen MR) is 130 cm³/mol. The van der Waals surface area contributed by atoms with Crippen molar-refractivity contribution >= 4 is 29.9 Å². The molecule has 1 aliphatic carbocycles. The summed E-state index contributed by atoms with van der Waals surface area (Å²) < 4.78 is 17.1. The lowest BCUT2D eigenvalue weighted by Gasteiger charge is -2.22.